The third kappa shape index (κ3) is 4.04. The lowest BCUT2D eigenvalue weighted by Gasteiger charge is -2.05. The largest absolute Gasteiger partial charge is 0.273 e. The molecule has 0 aliphatic carbocycles. The number of hydrogen-bond donors (Lipinski definition) is 1. The van der Waals surface area contributed by atoms with Gasteiger partial charge < -0.3 is 0 Å². The molecule has 0 rings (SSSR count). The van der Waals surface area contributed by atoms with Crippen LogP contribution < -0.4 is 0 Å². The summed E-state index contributed by atoms with van der Waals surface area (Å²) < 4.78 is 23.7. The molecule has 0 aromatic heterocycles. The lowest BCUT2D eigenvalue weighted by molar-refractivity contribution is -0.0128. The second-order valence-electron chi connectivity index (χ2n) is 1.25. The van der Waals surface area contributed by atoms with Crippen molar-refractivity contribution in [3.8, 4) is 0 Å². The first-order valence-corrected chi connectivity index (χ1v) is 3.30. The minimum absolute atomic E-state index is 0.559. The van der Waals surface area contributed by atoms with Crippen LogP contribution in [-0.2, 0) is 15.3 Å². The minimum Gasteiger partial charge on any atom is -0.201 e. The zero-order valence-electron chi connectivity index (χ0n) is 4.83. The van der Waals surface area contributed by atoms with Gasteiger partial charge in [-0.05, 0) is 0 Å². The van der Waals surface area contributed by atoms with Crippen molar-refractivity contribution in [1.29, 1.82) is 0 Å². The third-order valence-corrected chi connectivity index (χ3v) is 1.06. The Labute approximate surface area is 50.2 Å². The number of thiol groups is 1. The molecular weight excluding hydrogens is 130 g/mol. The molecule has 4 nitrogen and oxygen atoms in total. The van der Waals surface area contributed by atoms with Crippen LogP contribution in [0.25, 0.3) is 0 Å². The summed E-state index contributed by atoms with van der Waals surface area (Å²) in [6, 6.07) is 0. The van der Waals surface area contributed by atoms with E-state index < -0.39 is 11.0 Å². The van der Waals surface area contributed by atoms with E-state index >= 15 is 0 Å². The summed E-state index contributed by atoms with van der Waals surface area (Å²) in [5.74, 6) is 0. The fourth-order valence-corrected chi connectivity index (χ4v) is 0.515. The van der Waals surface area contributed by atoms with Crippen molar-refractivity contribution in [3.05, 3.63) is 0 Å². The first-order chi connectivity index (χ1) is 3.66. The number of nitrogens with zero attached hydrogens (tertiary/aromatic N) is 1. The van der Waals surface area contributed by atoms with Crippen molar-refractivity contribution >= 4 is 11.0 Å². The molecule has 0 radical (unpaired) electrons. The maximum Gasteiger partial charge on any atom is 0.273 e. The summed E-state index contributed by atoms with van der Waals surface area (Å²) in [6.45, 7) is 2.35. The molecule has 5 heteroatoms. The van der Waals surface area contributed by atoms with Gasteiger partial charge in [-0.3, -0.25) is 0 Å². The predicted octanol–water partition coefficient (Wildman–Crippen LogP) is -0.604. The number of rotatable bonds is 3. The molecular formula is C3H9NO3S. The van der Waals surface area contributed by atoms with Gasteiger partial charge in [-0.2, -0.15) is 9.35 Å². The van der Waals surface area contributed by atoms with E-state index in [9.17, 15) is 8.42 Å². The van der Waals surface area contributed by atoms with Crippen LogP contribution in [0, 0.1) is 0 Å². The highest BCUT2D eigenvalue weighted by Gasteiger charge is 1.91. The second-order valence-corrected chi connectivity index (χ2v) is 1.86. The Morgan fingerprint density at radius 3 is 2.25 bits per heavy atom. The Balaban J connectivity index is 3.39. The summed E-state index contributed by atoms with van der Waals surface area (Å²) in [4.78, 5) is 0. The smallest absolute Gasteiger partial charge is 0.201 e. The molecule has 0 aromatic rings. The van der Waals surface area contributed by atoms with Crippen LogP contribution in [0.1, 0.15) is 6.92 Å². The molecule has 0 N–H and O–H groups in total. The summed E-state index contributed by atoms with van der Waals surface area (Å²) in [7, 11) is -1.17. The minimum atomic E-state index is -2.72. The lowest BCUT2D eigenvalue weighted by atomic mass is 10.8. The Morgan fingerprint density at radius 2 is 2.12 bits per heavy atom. The van der Waals surface area contributed by atoms with E-state index in [1.54, 1.807) is 14.0 Å². The molecule has 50 valence electrons. The van der Waals surface area contributed by atoms with Gasteiger partial charge in [0.1, 0.15) is 0 Å². The molecule has 0 amide bonds. The Kier molecular flexibility index (Phi) is 3.76. The normalized spacial score (nSPS) is 11.0. The Bertz CT molecular complexity index is 114. The van der Waals surface area contributed by atoms with Crippen LogP contribution >= 0.6 is 0 Å². The monoisotopic (exact) mass is 139 g/mol. The van der Waals surface area contributed by atoms with Crippen molar-refractivity contribution in [1.82, 2.24) is 5.06 Å². The van der Waals surface area contributed by atoms with Gasteiger partial charge in [0.25, 0.3) is 11.0 Å². The zero-order valence-corrected chi connectivity index (χ0v) is 5.72. The summed E-state index contributed by atoms with van der Waals surface area (Å²) in [5, 5.41) is 1.23. The molecule has 0 atom stereocenters. The predicted molar refractivity (Wildman–Crippen MR) is 29.7 cm³/mol. The topological polar surface area (TPSA) is 46.6 Å². The third-order valence-electron chi connectivity index (χ3n) is 0.651. The molecule has 0 aromatic carbocycles. The zero-order chi connectivity index (χ0) is 6.57. The van der Waals surface area contributed by atoms with Crippen molar-refractivity contribution in [2.24, 2.45) is 0 Å². The highest BCUT2D eigenvalue weighted by atomic mass is 32.2. The van der Waals surface area contributed by atoms with Crippen molar-refractivity contribution in [2.75, 3.05) is 13.6 Å². The van der Waals surface area contributed by atoms with Gasteiger partial charge in [0.05, 0.1) is 0 Å². The van der Waals surface area contributed by atoms with E-state index in [1.165, 1.54) is 5.06 Å². The van der Waals surface area contributed by atoms with Gasteiger partial charge in [0.2, 0.25) is 0 Å². The number of hydroxylamine groups is 2. The van der Waals surface area contributed by atoms with Crippen molar-refractivity contribution < 1.29 is 12.7 Å². The van der Waals surface area contributed by atoms with Gasteiger partial charge in [-0.25, -0.2) is 8.42 Å². The molecule has 0 aliphatic rings. The highest BCUT2D eigenvalue weighted by Crippen LogP contribution is 1.80. The highest BCUT2D eigenvalue weighted by molar-refractivity contribution is 7.67. The molecule has 0 fully saturated rings. The van der Waals surface area contributed by atoms with Crippen LogP contribution in [0.4, 0.5) is 0 Å². The van der Waals surface area contributed by atoms with E-state index in [0.29, 0.717) is 6.54 Å². The molecule has 0 spiro atoms. The Hall–Kier alpha value is -0.130. The average Bonchev–Trinajstić information content (AvgIpc) is 1.65. The summed E-state index contributed by atoms with van der Waals surface area (Å²) >= 11 is 0. The summed E-state index contributed by atoms with van der Waals surface area (Å²) in [5.41, 5.74) is 0. The second kappa shape index (κ2) is 3.82. The van der Waals surface area contributed by atoms with E-state index in [2.05, 4.69) is 4.28 Å². The van der Waals surface area contributed by atoms with Crippen LogP contribution in [0.3, 0.4) is 0 Å². The number of hydrogen-bond acceptors (Lipinski definition) is 4. The van der Waals surface area contributed by atoms with Gasteiger partial charge in [0.15, 0.2) is 0 Å². The first kappa shape index (κ1) is 7.87. The molecule has 0 heterocycles. The molecule has 0 saturated heterocycles. The van der Waals surface area contributed by atoms with Crippen LogP contribution in [0.5, 0.6) is 0 Å². The SMILES string of the molecule is CCN(C)O[SH](=O)=O. The molecule has 0 bridgehead atoms. The average molecular weight is 139 g/mol. The first-order valence-electron chi connectivity index (χ1n) is 2.20. The van der Waals surface area contributed by atoms with Crippen LogP contribution in [0.15, 0.2) is 0 Å². The van der Waals surface area contributed by atoms with Gasteiger partial charge in [0, 0.05) is 13.6 Å². The lowest BCUT2D eigenvalue weighted by Crippen LogP contribution is -2.16. The van der Waals surface area contributed by atoms with Gasteiger partial charge >= 0.3 is 0 Å². The maximum absolute atomic E-state index is 9.74. The van der Waals surface area contributed by atoms with E-state index in [-0.39, 0.29) is 0 Å². The quantitative estimate of drug-likeness (QED) is 0.419. The van der Waals surface area contributed by atoms with Crippen molar-refractivity contribution in [3.63, 3.8) is 0 Å². The van der Waals surface area contributed by atoms with Gasteiger partial charge in [-0.1, -0.05) is 6.92 Å². The molecule has 0 unspecified atom stereocenters. The van der Waals surface area contributed by atoms with Crippen molar-refractivity contribution in [2.45, 2.75) is 6.92 Å². The van der Waals surface area contributed by atoms with E-state index in [0.717, 1.165) is 0 Å². The van der Waals surface area contributed by atoms with Gasteiger partial charge in [-0.15, -0.1) is 0 Å². The fraction of sp³-hybridized carbons (Fsp3) is 1.00. The summed E-state index contributed by atoms with van der Waals surface area (Å²) in [6.07, 6.45) is 0. The standard InChI is InChI=1S/C3H9NO3S/c1-3-4(2)7-8(5)6/h8H,3H2,1-2H3. The fourth-order valence-electron chi connectivity index (χ4n) is 0.172. The Morgan fingerprint density at radius 1 is 1.62 bits per heavy atom. The molecule has 0 aliphatic heterocycles. The molecule has 8 heavy (non-hydrogen) atoms. The maximum atomic E-state index is 9.74. The van der Waals surface area contributed by atoms with E-state index in [4.69, 9.17) is 0 Å². The van der Waals surface area contributed by atoms with Crippen LogP contribution in [0.2, 0.25) is 0 Å². The van der Waals surface area contributed by atoms with Crippen LogP contribution in [-0.4, -0.2) is 27.1 Å². The van der Waals surface area contributed by atoms with E-state index in [1.807, 2.05) is 0 Å². The molecule has 0 saturated carbocycles.